The highest BCUT2D eigenvalue weighted by Crippen LogP contribution is 2.38. The number of hydrogen-bond acceptors (Lipinski definition) is 1. The van der Waals surface area contributed by atoms with E-state index in [9.17, 15) is 4.79 Å². The average Bonchev–Trinajstić information content (AvgIpc) is 2.98. The number of H-pyrrole nitrogens is 1. The molecule has 1 atom stereocenters. The third-order valence-electron chi connectivity index (χ3n) is 4.87. The minimum Gasteiger partial charge on any atom is -0.356 e. The van der Waals surface area contributed by atoms with E-state index in [4.69, 9.17) is 0 Å². The van der Waals surface area contributed by atoms with Gasteiger partial charge in [-0.2, -0.15) is 0 Å². The van der Waals surface area contributed by atoms with Crippen LogP contribution in [0.2, 0.25) is 0 Å². The van der Waals surface area contributed by atoms with E-state index in [1.807, 2.05) is 23.1 Å². The van der Waals surface area contributed by atoms with E-state index in [2.05, 4.69) is 47.6 Å². The molecule has 2 amide bonds. The second kappa shape index (κ2) is 5.71. The number of benzene rings is 2. The van der Waals surface area contributed by atoms with E-state index in [1.165, 1.54) is 16.5 Å². The summed E-state index contributed by atoms with van der Waals surface area (Å²) in [4.78, 5) is 17.9. The monoisotopic (exact) mass is 319 g/mol. The van der Waals surface area contributed by atoms with Gasteiger partial charge in [0.2, 0.25) is 0 Å². The fourth-order valence-corrected chi connectivity index (χ4v) is 3.75. The molecule has 0 saturated carbocycles. The van der Waals surface area contributed by atoms with Crippen molar-refractivity contribution in [2.75, 3.05) is 13.6 Å². The van der Waals surface area contributed by atoms with Crippen molar-refractivity contribution in [3.8, 4) is 0 Å². The van der Waals surface area contributed by atoms with Crippen molar-refractivity contribution < 1.29 is 4.79 Å². The van der Waals surface area contributed by atoms with Crippen molar-refractivity contribution in [2.24, 2.45) is 0 Å². The van der Waals surface area contributed by atoms with Crippen molar-refractivity contribution in [1.82, 2.24) is 15.2 Å². The van der Waals surface area contributed by atoms with Crippen molar-refractivity contribution in [3.63, 3.8) is 0 Å². The minimum atomic E-state index is -0.0809. The van der Waals surface area contributed by atoms with Crippen LogP contribution in [0.25, 0.3) is 10.9 Å². The lowest BCUT2D eigenvalue weighted by molar-refractivity contribution is 0.181. The Morgan fingerprint density at radius 2 is 2.00 bits per heavy atom. The van der Waals surface area contributed by atoms with Crippen LogP contribution in [0.1, 0.15) is 28.4 Å². The maximum atomic E-state index is 12.4. The lowest BCUT2D eigenvalue weighted by Gasteiger charge is -2.35. The molecule has 1 unspecified atom stereocenters. The van der Waals surface area contributed by atoms with Crippen molar-refractivity contribution in [3.05, 3.63) is 70.9 Å². The lowest BCUT2D eigenvalue weighted by atomic mass is 9.92. The molecule has 0 spiro atoms. The molecule has 0 saturated heterocycles. The number of carbonyl (C=O) groups excluding carboxylic acids is 1. The number of urea groups is 1. The van der Waals surface area contributed by atoms with E-state index in [1.54, 1.807) is 7.05 Å². The molecule has 4 heteroatoms. The van der Waals surface area contributed by atoms with Crippen LogP contribution in [0, 0.1) is 6.92 Å². The summed E-state index contributed by atoms with van der Waals surface area (Å²) in [5.74, 6) is 0. The Labute approximate surface area is 141 Å². The predicted octanol–water partition coefficient (Wildman–Crippen LogP) is 3.76. The SMILES string of the molecule is CNC(=O)N1CCc2c([nH]c3ccc(C)cc23)C1c1ccccc1. The first-order valence-corrected chi connectivity index (χ1v) is 8.33. The van der Waals surface area contributed by atoms with Gasteiger partial charge in [0.05, 0.1) is 6.04 Å². The fourth-order valence-electron chi connectivity index (χ4n) is 3.75. The zero-order chi connectivity index (χ0) is 16.7. The molecule has 24 heavy (non-hydrogen) atoms. The summed E-state index contributed by atoms with van der Waals surface area (Å²) >= 11 is 0. The smallest absolute Gasteiger partial charge is 0.317 e. The summed E-state index contributed by atoms with van der Waals surface area (Å²) in [6.45, 7) is 2.83. The Kier molecular flexibility index (Phi) is 3.53. The summed E-state index contributed by atoms with van der Waals surface area (Å²) < 4.78 is 0. The Balaban J connectivity index is 1.92. The van der Waals surface area contributed by atoms with Crippen LogP contribution in [0.4, 0.5) is 4.79 Å². The second-order valence-electron chi connectivity index (χ2n) is 6.38. The zero-order valence-corrected chi connectivity index (χ0v) is 14.0. The number of nitrogens with one attached hydrogen (secondary N) is 2. The summed E-state index contributed by atoms with van der Waals surface area (Å²) in [5.41, 5.74) is 6.00. The average molecular weight is 319 g/mol. The molecule has 122 valence electrons. The molecular weight excluding hydrogens is 298 g/mol. The first-order valence-electron chi connectivity index (χ1n) is 8.33. The molecule has 2 N–H and O–H groups in total. The third-order valence-corrected chi connectivity index (χ3v) is 4.87. The van der Waals surface area contributed by atoms with Gasteiger partial charge >= 0.3 is 6.03 Å². The molecule has 4 nitrogen and oxygen atoms in total. The molecule has 1 aliphatic heterocycles. The number of carbonyl (C=O) groups is 1. The first-order chi connectivity index (χ1) is 11.7. The third kappa shape index (κ3) is 2.26. The standard InChI is InChI=1S/C20H21N3O/c1-13-8-9-17-16(12-13)15-10-11-23(20(24)21-2)19(18(15)22-17)14-6-4-3-5-7-14/h3-9,12,19,22H,10-11H2,1-2H3,(H,21,24). The van der Waals surface area contributed by atoms with Gasteiger partial charge in [0.15, 0.2) is 0 Å². The van der Waals surface area contributed by atoms with Crippen LogP contribution in [-0.4, -0.2) is 29.5 Å². The number of aromatic amines is 1. The predicted molar refractivity (Wildman–Crippen MR) is 96.2 cm³/mol. The summed E-state index contributed by atoms with van der Waals surface area (Å²) in [5, 5.41) is 4.06. The van der Waals surface area contributed by atoms with Crippen LogP contribution in [0.5, 0.6) is 0 Å². The molecular formula is C20H21N3O. The molecule has 0 aliphatic carbocycles. The van der Waals surface area contributed by atoms with Gasteiger partial charge in [0, 0.05) is 30.2 Å². The Bertz CT molecular complexity index is 898. The van der Waals surface area contributed by atoms with Gasteiger partial charge in [0.1, 0.15) is 0 Å². The Morgan fingerprint density at radius 3 is 2.75 bits per heavy atom. The number of amides is 2. The molecule has 0 radical (unpaired) electrons. The van der Waals surface area contributed by atoms with Crippen LogP contribution in [0.3, 0.4) is 0 Å². The van der Waals surface area contributed by atoms with E-state index in [0.717, 1.165) is 23.2 Å². The Hall–Kier alpha value is -2.75. The summed E-state index contributed by atoms with van der Waals surface area (Å²) in [7, 11) is 1.69. The van der Waals surface area contributed by atoms with Gasteiger partial charge < -0.3 is 15.2 Å². The number of aryl methyl sites for hydroxylation is 1. The molecule has 2 heterocycles. The molecule has 1 aliphatic rings. The number of aromatic nitrogens is 1. The van der Waals surface area contributed by atoms with E-state index in [0.29, 0.717) is 6.54 Å². The van der Waals surface area contributed by atoms with Crippen LogP contribution in [-0.2, 0) is 6.42 Å². The van der Waals surface area contributed by atoms with Gasteiger partial charge in [-0.05, 0) is 36.6 Å². The quantitative estimate of drug-likeness (QED) is 0.705. The molecule has 1 aromatic heterocycles. The van der Waals surface area contributed by atoms with Crippen LogP contribution in [0.15, 0.2) is 48.5 Å². The largest absolute Gasteiger partial charge is 0.356 e. The van der Waals surface area contributed by atoms with Gasteiger partial charge in [-0.3, -0.25) is 0 Å². The van der Waals surface area contributed by atoms with E-state index < -0.39 is 0 Å². The van der Waals surface area contributed by atoms with Gasteiger partial charge in [-0.25, -0.2) is 4.79 Å². The number of fused-ring (bicyclic) bond motifs is 3. The topological polar surface area (TPSA) is 48.1 Å². The Morgan fingerprint density at radius 1 is 1.21 bits per heavy atom. The van der Waals surface area contributed by atoms with Crippen LogP contribution >= 0.6 is 0 Å². The van der Waals surface area contributed by atoms with Gasteiger partial charge in [0.25, 0.3) is 0 Å². The minimum absolute atomic E-state index is 0.0376. The maximum absolute atomic E-state index is 12.4. The summed E-state index contributed by atoms with van der Waals surface area (Å²) in [6.07, 6.45) is 0.871. The van der Waals surface area contributed by atoms with Gasteiger partial charge in [-0.15, -0.1) is 0 Å². The second-order valence-corrected chi connectivity index (χ2v) is 6.38. The number of nitrogens with zero attached hydrogens (tertiary/aromatic N) is 1. The molecule has 2 aromatic carbocycles. The molecule has 0 fully saturated rings. The normalized spacial score (nSPS) is 16.9. The highest BCUT2D eigenvalue weighted by Gasteiger charge is 2.34. The van der Waals surface area contributed by atoms with Crippen molar-refractivity contribution >= 4 is 16.9 Å². The van der Waals surface area contributed by atoms with Crippen molar-refractivity contribution in [2.45, 2.75) is 19.4 Å². The highest BCUT2D eigenvalue weighted by molar-refractivity contribution is 5.87. The zero-order valence-electron chi connectivity index (χ0n) is 14.0. The van der Waals surface area contributed by atoms with Gasteiger partial charge in [-0.1, -0.05) is 42.0 Å². The lowest BCUT2D eigenvalue weighted by Crippen LogP contribution is -2.44. The van der Waals surface area contributed by atoms with E-state index in [-0.39, 0.29) is 12.1 Å². The fraction of sp³-hybridized carbons (Fsp3) is 0.250. The number of rotatable bonds is 1. The molecule has 0 bridgehead atoms. The number of hydrogen-bond donors (Lipinski definition) is 2. The van der Waals surface area contributed by atoms with Crippen molar-refractivity contribution in [1.29, 1.82) is 0 Å². The highest BCUT2D eigenvalue weighted by atomic mass is 16.2. The molecule has 4 rings (SSSR count). The maximum Gasteiger partial charge on any atom is 0.317 e. The van der Waals surface area contributed by atoms with Crippen LogP contribution < -0.4 is 5.32 Å². The summed E-state index contributed by atoms with van der Waals surface area (Å²) in [6, 6.07) is 16.6. The first kappa shape index (κ1) is 14.8. The molecule has 3 aromatic rings. The van der Waals surface area contributed by atoms with E-state index >= 15 is 0 Å².